The maximum absolute atomic E-state index is 5.70. The molecule has 0 radical (unpaired) electrons. The molecule has 1 saturated carbocycles. The van der Waals surface area contributed by atoms with Crippen LogP contribution in [-0.4, -0.2) is 56.5 Å². The molecule has 4 rings (SSSR count). The van der Waals surface area contributed by atoms with Crippen molar-refractivity contribution in [3.8, 4) is 11.5 Å². The van der Waals surface area contributed by atoms with E-state index in [1.54, 1.807) is 0 Å². The fraction of sp³-hybridized carbons (Fsp3) is 0.700. The van der Waals surface area contributed by atoms with Gasteiger partial charge >= 0.3 is 0 Å². The van der Waals surface area contributed by atoms with Gasteiger partial charge in [-0.25, -0.2) is 0 Å². The Kier molecular flexibility index (Phi) is 5.44. The van der Waals surface area contributed by atoms with Crippen LogP contribution in [0.2, 0.25) is 0 Å². The molecule has 1 aliphatic carbocycles. The normalized spacial score (nSPS) is 23.4. The second-order valence-electron chi connectivity index (χ2n) is 7.47. The summed E-state index contributed by atoms with van der Waals surface area (Å²) >= 11 is 0. The van der Waals surface area contributed by atoms with Crippen LogP contribution in [0.1, 0.15) is 37.7 Å². The Morgan fingerprint density at radius 1 is 0.920 bits per heavy atom. The van der Waals surface area contributed by atoms with E-state index < -0.39 is 0 Å². The van der Waals surface area contributed by atoms with Crippen LogP contribution in [0.25, 0.3) is 0 Å². The highest BCUT2D eigenvalue weighted by Crippen LogP contribution is 2.34. The van der Waals surface area contributed by atoms with Crippen LogP contribution < -0.4 is 14.8 Å². The summed E-state index contributed by atoms with van der Waals surface area (Å²) in [5.41, 5.74) is 1.58. The zero-order valence-electron chi connectivity index (χ0n) is 15.1. The van der Waals surface area contributed by atoms with Crippen molar-refractivity contribution in [1.82, 2.24) is 10.2 Å². The number of hydrogen-bond acceptors (Lipinski definition) is 5. The first-order valence-electron chi connectivity index (χ1n) is 9.78. The Morgan fingerprint density at radius 3 is 2.48 bits per heavy atom. The number of hydrogen-bond donors (Lipinski definition) is 1. The fourth-order valence-electron chi connectivity index (χ4n) is 4.49. The first-order chi connectivity index (χ1) is 12.4. The van der Waals surface area contributed by atoms with Gasteiger partial charge in [0.05, 0.1) is 13.2 Å². The van der Waals surface area contributed by atoms with Crippen LogP contribution in [0.4, 0.5) is 0 Å². The third kappa shape index (κ3) is 3.94. The van der Waals surface area contributed by atoms with Crippen LogP contribution in [0.5, 0.6) is 11.5 Å². The number of benzene rings is 1. The van der Waals surface area contributed by atoms with E-state index in [2.05, 4.69) is 22.3 Å². The highest BCUT2D eigenvalue weighted by molar-refractivity contribution is 5.43. The second kappa shape index (κ2) is 7.94. The van der Waals surface area contributed by atoms with E-state index in [0.29, 0.717) is 18.8 Å². The Morgan fingerprint density at radius 2 is 1.68 bits per heavy atom. The summed E-state index contributed by atoms with van der Waals surface area (Å²) < 4.78 is 16.9. The van der Waals surface area contributed by atoms with Crippen molar-refractivity contribution in [2.45, 2.75) is 44.2 Å². The molecule has 3 aliphatic rings. The van der Waals surface area contributed by atoms with Gasteiger partial charge in [-0.2, -0.15) is 0 Å². The first kappa shape index (κ1) is 17.1. The Hall–Kier alpha value is -1.30. The minimum absolute atomic E-state index is 0.315. The summed E-state index contributed by atoms with van der Waals surface area (Å²) in [4.78, 5) is 2.69. The lowest BCUT2D eigenvalue weighted by Crippen LogP contribution is -2.59. The van der Waals surface area contributed by atoms with Gasteiger partial charge in [-0.1, -0.05) is 25.3 Å². The van der Waals surface area contributed by atoms with Gasteiger partial charge in [-0.15, -0.1) is 0 Å². The van der Waals surface area contributed by atoms with Crippen molar-refractivity contribution >= 4 is 0 Å². The molecule has 1 aromatic rings. The molecule has 138 valence electrons. The molecule has 0 unspecified atom stereocenters. The highest BCUT2D eigenvalue weighted by Gasteiger charge is 2.38. The summed E-state index contributed by atoms with van der Waals surface area (Å²) in [5, 5.41) is 3.74. The van der Waals surface area contributed by atoms with E-state index in [4.69, 9.17) is 14.2 Å². The number of ether oxygens (including phenoxy) is 3. The quantitative estimate of drug-likeness (QED) is 0.888. The molecule has 0 spiro atoms. The molecule has 5 heteroatoms. The van der Waals surface area contributed by atoms with Crippen LogP contribution in [-0.2, 0) is 11.3 Å². The summed E-state index contributed by atoms with van der Waals surface area (Å²) in [6.07, 6.45) is 6.70. The molecule has 5 nitrogen and oxygen atoms in total. The zero-order valence-corrected chi connectivity index (χ0v) is 15.1. The molecule has 2 fully saturated rings. The van der Waals surface area contributed by atoms with Crippen LogP contribution in [0.15, 0.2) is 18.2 Å². The molecule has 0 bridgehead atoms. The number of fused-ring (bicyclic) bond motifs is 1. The molecule has 0 amide bonds. The topological polar surface area (TPSA) is 43.0 Å². The van der Waals surface area contributed by atoms with Crippen LogP contribution in [0, 0.1) is 0 Å². The minimum atomic E-state index is 0.315. The predicted octanol–water partition coefficient (Wildman–Crippen LogP) is 2.58. The molecule has 1 N–H and O–H groups in total. The van der Waals surface area contributed by atoms with Gasteiger partial charge in [-0.05, 0) is 30.5 Å². The smallest absolute Gasteiger partial charge is 0.161 e. The third-order valence-corrected chi connectivity index (χ3v) is 5.86. The van der Waals surface area contributed by atoms with Gasteiger partial charge in [0.2, 0.25) is 0 Å². The summed E-state index contributed by atoms with van der Waals surface area (Å²) in [5.74, 6) is 1.75. The molecular formula is C20H30N2O3. The number of morpholine rings is 1. The van der Waals surface area contributed by atoms with E-state index in [1.165, 1.54) is 37.7 Å². The van der Waals surface area contributed by atoms with Crippen molar-refractivity contribution in [1.29, 1.82) is 0 Å². The maximum Gasteiger partial charge on any atom is 0.161 e. The predicted molar refractivity (Wildman–Crippen MR) is 97.3 cm³/mol. The Balaban J connectivity index is 1.38. The van der Waals surface area contributed by atoms with Gasteiger partial charge < -0.3 is 19.5 Å². The summed E-state index contributed by atoms with van der Waals surface area (Å²) in [7, 11) is 0. The second-order valence-corrected chi connectivity index (χ2v) is 7.47. The number of nitrogens with one attached hydrogen (secondary N) is 1. The maximum atomic E-state index is 5.70. The highest BCUT2D eigenvalue weighted by atomic mass is 16.6. The van der Waals surface area contributed by atoms with E-state index in [9.17, 15) is 0 Å². The van der Waals surface area contributed by atoms with E-state index in [0.717, 1.165) is 50.9 Å². The SMILES string of the molecule is c1cc2c(cc1CNCC1(N3CCOCC3)CCCCC1)OCCO2. The molecule has 2 heterocycles. The molecule has 0 aromatic heterocycles. The van der Waals surface area contributed by atoms with E-state index >= 15 is 0 Å². The largest absolute Gasteiger partial charge is 0.486 e. The van der Waals surface area contributed by atoms with Crippen LogP contribution in [0.3, 0.4) is 0 Å². The van der Waals surface area contributed by atoms with Gasteiger partial charge in [0.1, 0.15) is 13.2 Å². The van der Waals surface area contributed by atoms with Gasteiger partial charge in [0, 0.05) is 31.7 Å². The van der Waals surface area contributed by atoms with Crippen molar-refractivity contribution in [3.63, 3.8) is 0 Å². The Labute approximate surface area is 150 Å². The molecule has 1 aromatic carbocycles. The van der Waals surface area contributed by atoms with E-state index in [-0.39, 0.29) is 0 Å². The molecule has 25 heavy (non-hydrogen) atoms. The van der Waals surface area contributed by atoms with Gasteiger partial charge in [-0.3, -0.25) is 4.90 Å². The molecule has 1 saturated heterocycles. The van der Waals surface area contributed by atoms with E-state index in [1.807, 2.05) is 6.07 Å². The first-order valence-corrected chi connectivity index (χ1v) is 9.78. The lowest BCUT2D eigenvalue weighted by molar-refractivity contribution is -0.0369. The van der Waals surface area contributed by atoms with Gasteiger partial charge in [0.15, 0.2) is 11.5 Å². The molecular weight excluding hydrogens is 316 g/mol. The van der Waals surface area contributed by atoms with Crippen LogP contribution >= 0.6 is 0 Å². The Bertz CT molecular complexity index is 566. The number of nitrogens with zero attached hydrogens (tertiary/aromatic N) is 1. The van der Waals surface area contributed by atoms with Gasteiger partial charge in [0.25, 0.3) is 0 Å². The lowest BCUT2D eigenvalue weighted by atomic mass is 9.79. The fourth-order valence-corrected chi connectivity index (χ4v) is 4.49. The molecule has 0 atom stereocenters. The molecule has 2 aliphatic heterocycles. The van der Waals surface area contributed by atoms with Crippen molar-refractivity contribution < 1.29 is 14.2 Å². The standard InChI is InChI=1S/C20H30N2O3/c1-2-6-20(7-3-1,22-8-10-23-11-9-22)16-21-15-17-4-5-18-19(14-17)25-13-12-24-18/h4-5,14,21H,1-3,6-13,15-16H2. The summed E-state index contributed by atoms with van der Waals surface area (Å²) in [6.45, 7) is 7.13. The monoisotopic (exact) mass is 346 g/mol. The minimum Gasteiger partial charge on any atom is -0.486 e. The van der Waals surface area contributed by atoms with Crippen molar-refractivity contribution in [2.75, 3.05) is 46.1 Å². The van der Waals surface area contributed by atoms with Crippen molar-refractivity contribution in [3.05, 3.63) is 23.8 Å². The zero-order chi connectivity index (χ0) is 17.0. The average Bonchev–Trinajstić information content (AvgIpc) is 2.69. The van der Waals surface area contributed by atoms with Crippen molar-refractivity contribution in [2.24, 2.45) is 0 Å². The lowest BCUT2D eigenvalue weighted by Gasteiger charge is -2.48. The number of rotatable bonds is 5. The summed E-state index contributed by atoms with van der Waals surface area (Å²) in [6, 6.07) is 6.29. The third-order valence-electron chi connectivity index (χ3n) is 5.86. The average molecular weight is 346 g/mol.